The molecule has 2 fully saturated rings. The molecule has 0 saturated carbocycles. The summed E-state index contributed by atoms with van der Waals surface area (Å²) in [7, 11) is 0. The predicted molar refractivity (Wildman–Crippen MR) is 72.0 cm³/mol. The van der Waals surface area contributed by atoms with Gasteiger partial charge in [0.1, 0.15) is 0 Å². The number of carbonyl (C=O) groups excluding carboxylic acids is 1. The molecule has 2 rings (SSSR count). The van der Waals surface area contributed by atoms with Gasteiger partial charge in [-0.1, -0.05) is 0 Å². The fourth-order valence-electron chi connectivity index (χ4n) is 3.37. The number of carbonyl (C=O) groups is 1. The molecule has 10 heteroatoms. The number of hydrogen-bond donors (Lipinski definition) is 1. The van der Waals surface area contributed by atoms with Crippen LogP contribution in [0.5, 0.6) is 0 Å². The highest BCUT2D eigenvalue weighted by Crippen LogP contribution is 2.34. The van der Waals surface area contributed by atoms with Crippen LogP contribution in [0.3, 0.4) is 0 Å². The number of aliphatic hydroxyl groups is 1. The van der Waals surface area contributed by atoms with Gasteiger partial charge in [-0.15, -0.1) is 0 Å². The number of likely N-dealkylation sites (tertiary alicyclic amines) is 2. The number of piperidine rings is 1. The lowest BCUT2D eigenvalue weighted by molar-refractivity contribution is -0.219. The van der Waals surface area contributed by atoms with Crippen LogP contribution in [-0.2, 0) is 4.79 Å². The van der Waals surface area contributed by atoms with Crippen LogP contribution in [0.15, 0.2) is 0 Å². The summed E-state index contributed by atoms with van der Waals surface area (Å²) in [6, 6.07) is -1.22. The van der Waals surface area contributed by atoms with Gasteiger partial charge in [-0.2, -0.15) is 26.3 Å². The second-order valence-corrected chi connectivity index (χ2v) is 6.39. The Balaban J connectivity index is 1.96. The Morgan fingerprint density at radius 1 is 1.08 bits per heavy atom. The van der Waals surface area contributed by atoms with Gasteiger partial charge in [0.15, 0.2) is 6.10 Å². The number of alkyl halides is 6. The number of nitrogens with zero attached hydrogens (tertiary/aromatic N) is 2. The van der Waals surface area contributed by atoms with Crippen LogP contribution in [0.4, 0.5) is 26.3 Å². The second-order valence-electron chi connectivity index (χ2n) is 6.39. The van der Waals surface area contributed by atoms with Gasteiger partial charge in [-0.05, 0) is 32.2 Å². The summed E-state index contributed by atoms with van der Waals surface area (Å²) in [4.78, 5) is 14.5. The molecule has 0 aromatic rings. The Hall–Kier alpha value is -1.03. The fourth-order valence-corrected chi connectivity index (χ4v) is 3.37. The summed E-state index contributed by atoms with van der Waals surface area (Å²) in [6.45, 7) is -0.475. The van der Waals surface area contributed by atoms with Crippen LogP contribution >= 0.6 is 0 Å². The topological polar surface area (TPSA) is 43.8 Å². The molecule has 2 heterocycles. The van der Waals surface area contributed by atoms with E-state index in [-0.39, 0.29) is 32.4 Å². The van der Waals surface area contributed by atoms with E-state index in [1.165, 1.54) is 4.90 Å². The van der Waals surface area contributed by atoms with Gasteiger partial charge in [-0.25, -0.2) is 0 Å². The van der Waals surface area contributed by atoms with Gasteiger partial charge in [0.25, 0.3) is 0 Å². The van der Waals surface area contributed by atoms with Crippen LogP contribution < -0.4 is 0 Å². The van der Waals surface area contributed by atoms with Crippen molar-refractivity contribution in [1.82, 2.24) is 9.80 Å². The molecule has 2 saturated heterocycles. The third-order valence-corrected chi connectivity index (χ3v) is 4.69. The van der Waals surface area contributed by atoms with Crippen molar-refractivity contribution in [1.29, 1.82) is 0 Å². The van der Waals surface area contributed by atoms with Crippen molar-refractivity contribution >= 4 is 5.91 Å². The van der Waals surface area contributed by atoms with E-state index in [4.69, 9.17) is 0 Å². The molecule has 1 amide bonds. The average Bonchev–Trinajstić information content (AvgIpc) is 2.92. The van der Waals surface area contributed by atoms with E-state index in [9.17, 15) is 36.2 Å². The van der Waals surface area contributed by atoms with E-state index in [1.54, 1.807) is 0 Å². The van der Waals surface area contributed by atoms with Crippen molar-refractivity contribution in [2.24, 2.45) is 5.92 Å². The van der Waals surface area contributed by atoms with Crippen molar-refractivity contribution in [3.05, 3.63) is 0 Å². The van der Waals surface area contributed by atoms with Gasteiger partial charge in [0.05, 0.1) is 12.5 Å². The van der Waals surface area contributed by atoms with E-state index in [1.807, 2.05) is 0 Å². The maximum atomic E-state index is 12.8. The molecule has 2 aliphatic rings. The molecule has 0 aliphatic carbocycles. The third kappa shape index (κ3) is 4.53. The van der Waals surface area contributed by atoms with Gasteiger partial charge in [0, 0.05) is 19.1 Å². The zero-order valence-corrected chi connectivity index (χ0v) is 12.9. The van der Waals surface area contributed by atoms with Crippen LogP contribution in [0.25, 0.3) is 0 Å². The summed E-state index contributed by atoms with van der Waals surface area (Å²) >= 11 is 0. The minimum Gasteiger partial charge on any atom is -0.382 e. The zero-order chi connectivity index (χ0) is 18.1. The first-order chi connectivity index (χ1) is 11.0. The molecule has 2 aliphatic heterocycles. The fraction of sp³-hybridized carbons (Fsp3) is 0.929. The Morgan fingerprint density at radius 2 is 1.71 bits per heavy atom. The van der Waals surface area contributed by atoms with Crippen molar-refractivity contribution < 1.29 is 36.2 Å². The molecule has 4 nitrogen and oxygen atoms in total. The zero-order valence-electron chi connectivity index (χ0n) is 12.9. The summed E-state index contributed by atoms with van der Waals surface area (Å²) in [6.07, 6.45) is -11.1. The number of halogens is 6. The molecule has 0 radical (unpaired) electrons. The maximum Gasteiger partial charge on any atom is 0.415 e. The maximum absolute atomic E-state index is 12.8. The largest absolute Gasteiger partial charge is 0.415 e. The van der Waals surface area contributed by atoms with E-state index in [0.717, 1.165) is 4.90 Å². The third-order valence-electron chi connectivity index (χ3n) is 4.69. The lowest BCUT2D eigenvalue weighted by Gasteiger charge is -2.36. The second kappa shape index (κ2) is 7.07. The van der Waals surface area contributed by atoms with Crippen molar-refractivity contribution in [2.75, 3.05) is 26.2 Å². The molecule has 0 bridgehead atoms. The lowest BCUT2D eigenvalue weighted by atomic mass is 9.97. The Kier molecular flexibility index (Phi) is 5.68. The summed E-state index contributed by atoms with van der Waals surface area (Å²) in [5.74, 6) is -2.21. The van der Waals surface area contributed by atoms with Crippen molar-refractivity contribution in [2.45, 2.75) is 50.2 Å². The Bertz CT molecular complexity index is 454. The summed E-state index contributed by atoms with van der Waals surface area (Å²) in [5, 5.41) is 9.39. The summed E-state index contributed by atoms with van der Waals surface area (Å²) in [5.41, 5.74) is 0. The molecule has 1 N–H and O–H groups in total. The molecule has 140 valence electrons. The molecule has 3 atom stereocenters. The highest BCUT2D eigenvalue weighted by atomic mass is 19.4. The van der Waals surface area contributed by atoms with Crippen LogP contribution in [-0.4, -0.2) is 71.5 Å². The molecular formula is C14H20F6N2O2. The molecule has 0 unspecified atom stereocenters. The number of aliphatic hydroxyl groups excluding tert-OH is 1. The first-order valence-electron chi connectivity index (χ1n) is 7.83. The highest BCUT2D eigenvalue weighted by molar-refractivity contribution is 5.78. The van der Waals surface area contributed by atoms with Gasteiger partial charge < -0.3 is 10.0 Å². The van der Waals surface area contributed by atoms with Crippen LogP contribution in [0.2, 0.25) is 0 Å². The van der Waals surface area contributed by atoms with E-state index < -0.39 is 49.4 Å². The molecular weight excluding hydrogens is 342 g/mol. The standard InChI is InChI=1S/C14H20F6N2O2/c15-13(16,17)9-3-1-6-22(7-9)11(23)8-21-5-2-4-10(21)12(24)14(18,19)20/h9-10,12,24H,1-8H2/t9-,10-,12+/m1/s1. The first kappa shape index (κ1) is 19.3. The molecule has 0 aromatic carbocycles. The van der Waals surface area contributed by atoms with E-state index in [0.29, 0.717) is 6.42 Å². The number of amides is 1. The minimum atomic E-state index is -4.79. The van der Waals surface area contributed by atoms with E-state index in [2.05, 4.69) is 0 Å². The van der Waals surface area contributed by atoms with Crippen molar-refractivity contribution in [3.8, 4) is 0 Å². The van der Waals surface area contributed by atoms with Crippen LogP contribution in [0, 0.1) is 5.92 Å². The van der Waals surface area contributed by atoms with Crippen LogP contribution in [0.1, 0.15) is 25.7 Å². The Labute approximate surface area is 135 Å². The average molecular weight is 362 g/mol. The quantitative estimate of drug-likeness (QED) is 0.783. The van der Waals surface area contributed by atoms with Gasteiger partial charge in [-0.3, -0.25) is 9.69 Å². The van der Waals surface area contributed by atoms with Crippen molar-refractivity contribution in [3.63, 3.8) is 0 Å². The Morgan fingerprint density at radius 3 is 2.29 bits per heavy atom. The molecule has 0 aromatic heterocycles. The lowest BCUT2D eigenvalue weighted by Crippen LogP contribution is -2.52. The number of hydrogen-bond acceptors (Lipinski definition) is 3. The van der Waals surface area contributed by atoms with Gasteiger partial charge in [0.2, 0.25) is 5.91 Å². The first-order valence-corrected chi connectivity index (χ1v) is 7.83. The van der Waals surface area contributed by atoms with E-state index >= 15 is 0 Å². The smallest absolute Gasteiger partial charge is 0.382 e. The molecule has 24 heavy (non-hydrogen) atoms. The van der Waals surface area contributed by atoms with Gasteiger partial charge >= 0.3 is 12.4 Å². The summed E-state index contributed by atoms with van der Waals surface area (Å²) < 4.78 is 76.3. The highest BCUT2D eigenvalue weighted by Gasteiger charge is 2.48. The normalized spacial score (nSPS) is 28.2. The SMILES string of the molecule is O=C(CN1CCC[C@@H]1[C@H](O)C(F)(F)F)N1CCC[C@@H](C(F)(F)F)C1. The monoisotopic (exact) mass is 362 g/mol. The molecule has 0 spiro atoms. The predicted octanol–water partition coefficient (Wildman–Crippen LogP) is 2.17. The number of rotatable bonds is 3. The minimum absolute atomic E-state index is 0.0492.